The van der Waals surface area contributed by atoms with Gasteiger partial charge in [0.2, 0.25) is 5.91 Å². The second kappa shape index (κ2) is 9.68. The van der Waals surface area contributed by atoms with Gasteiger partial charge in [0.05, 0.1) is 19.6 Å². The van der Waals surface area contributed by atoms with Crippen LogP contribution in [0, 0.1) is 0 Å². The van der Waals surface area contributed by atoms with Gasteiger partial charge in [-0.25, -0.2) is 0 Å². The number of ether oxygens (including phenoxy) is 1. The highest BCUT2D eigenvalue weighted by atomic mass is 32.1. The Hall–Kier alpha value is -3.29. The molecule has 0 unspecified atom stereocenters. The van der Waals surface area contributed by atoms with E-state index in [4.69, 9.17) is 17.0 Å². The van der Waals surface area contributed by atoms with Crippen molar-refractivity contribution in [2.45, 2.75) is 6.42 Å². The van der Waals surface area contributed by atoms with Gasteiger partial charge in [-0.1, -0.05) is 42.5 Å². The quantitative estimate of drug-likeness (QED) is 0.618. The van der Waals surface area contributed by atoms with Crippen molar-refractivity contribution in [1.29, 1.82) is 0 Å². The maximum atomic E-state index is 12.5. The Morgan fingerprint density at radius 2 is 1.65 bits per heavy atom. The number of hydrogen-bond donors (Lipinski definition) is 2. The molecule has 31 heavy (non-hydrogen) atoms. The molecule has 0 spiro atoms. The molecular weight excluding hydrogens is 410 g/mol. The van der Waals surface area contributed by atoms with Crippen LogP contribution in [0.1, 0.15) is 15.9 Å². The van der Waals surface area contributed by atoms with Crippen molar-refractivity contribution in [3.8, 4) is 0 Å². The van der Waals surface area contributed by atoms with Gasteiger partial charge in [-0.15, -0.1) is 0 Å². The predicted molar refractivity (Wildman–Crippen MR) is 125 cm³/mol. The van der Waals surface area contributed by atoms with E-state index in [1.165, 1.54) is 0 Å². The van der Waals surface area contributed by atoms with Crippen LogP contribution in [0.4, 0.5) is 5.69 Å². The van der Waals surface area contributed by atoms with Crippen LogP contribution in [-0.2, 0) is 16.0 Å². The molecule has 4 rings (SSSR count). The van der Waals surface area contributed by atoms with E-state index in [9.17, 15) is 9.59 Å². The van der Waals surface area contributed by atoms with Gasteiger partial charge in [0.1, 0.15) is 0 Å². The minimum absolute atomic E-state index is 0.0131. The third kappa shape index (κ3) is 5.25. The van der Waals surface area contributed by atoms with E-state index in [0.29, 0.717) is 37.6 Å². The summed E-state index contributed by atoms with van der Waals surface area (Å²) in [6, 6.07) is 20.9. The fourth-order valence-electron chi connectivity index (χ4n) is 3.60. The van der Waals surface area contributed by atoms with Crippen LogP contribution in [-0.4, -0.2) is 48.1 Å². The normalized spacial score (nSPS) is 13.6. The lowest BCUT2D eigenvalue weighted by Crippen LogP contribution is -2.40. The topological polar surface area (TPSA) is 70.7 Å². The zero-order chi connectivity index (χ0) is 21.6. The number of amides is 2. The molecule has 6 nitrogen and oxygen atoms in total. The maximum absolute atomic E-state index is 12.5. The van der Waals surface area contributed by atoms with Gasteiger partial charge in [0, 0.05) is 24.3 Å². The van der Waals surface area contributed by atoms with Gasteiger partial charge in [-0.3, -0.25) is 9.59 Å². The third-order valence-electron chi connectivity index (χ3n) is 5.17. The summed E-state index contributed by atoms with van der Waals surface area (Å²) < 4.78 is 5.29. The number of fused-ring (bicyclic) bond motifs is 1. The van der Waals surface area contributed by atoms with E-state index in [-0.39, 0.29) is 23.3 Å². The van der Waals surface area contributed by atoms with Gasteiger partial charge in [0.15, 0.2) is 5.11 Å². The van der Waals surface area contributed by atoms with Gasteiger partial charge < -0.3 is 20.3 Å². The summed E-state index contributed by atoms with van der Waals surface area (Å²) in [6.45, 7) is 2.34. The maximum Gasteiger partial charge on any atom is 0.254 e. The predicted octanol–water partition coefficient (Wildman–Crippen LogP) is 3.37. The summed E-state index contributed by atoms with van der Waals surface area (Å²) in [5, 5.41) is 8.09. The van der Waals surface area contributed by atoms with E-state index >= 15 is 0 Å². The fraction of sp³-hybridized carbons (Fsp3) is 0.208. The molecule has 0 bridgehead atoms. The average Bonchev–Trinajstić information content (AvgIpc) is 2.80. The number of morpholine rings is 1. The lowest BCUT2D eigenvalue weighted by atomic mass is 10.0. The summed E-state index contributed by atoms with van der Waals surface area (Å²) in [7, 11) is 0. The highest BCUT2D eigenvalue weighted by Crippen LogP contribution is 2.19. The molecule has 0 radical (unpaired) electrons. The van der Waals surface area contributed by atoms with Crippen molar-refractivity contribution in [3.05, 3.63) is 77.9 Å². The van der Waals surface area contributed by atoms with Crippen molar-refractivity contribution in [1.82, 2.24) is 10.2 Å². The Balaban J connectivity index is 1.33. The number of thiocarbonyl (C=S) groups is 1. The second-order valence-electron chi connectivity index (χ2n) is 7.30. The summed E-state index contributed by atoms with van der Waals surface area (Å²) >= 11 is 5.28. The second-order valence-corrected chi connectivity index (χ2v) is 7.71. The number of carbonyl (C=O) groups excluding carboxylic acids is 2. The molecule has 1 heterocycles. The first-order chi connectivity index (χ1) is 15.1. The SMILES string of the molecule is O=C(Cc1cccc2ccccc12)NC(=S)Nc1ccc(C(=O)N2CCOCC2)cc1. The summed E-state index contributed by atoms with van der Waals surface area (Å²) in [5.41, 5.74) is 2.26. The van der Waals surface area contributed by atoms with Crippen molar-refractivity contribution in [3.63, 3.8) is 0 Å². The zero-order valence-electron chi connectivity index (χ0n) is 17.0. The first-order valence-electron chi connectivity index (χ1n) is 10.1. The van der Waals surface area contributed by atoms with E-state index < -0.39 is 0 Å². The summed E-state index contributed by atoms with van der Waals surface area (Å²) in [6.07, 6.45) is 0.232. The van der Waals surface area contributed by atoms with Gasteiger partial charge in [0.25, 0.3) is 5.91 Å². The van der Waals surface area contributed by atoms with Gasteiger partial charge in [-0.05, 0) is 52.8 Å². The summed E-state index contributed by atoms with van der Waals surface area (Å²) in [5.74, 6) is -0.200. The van der Waals surface area contributed by atoms with Crippen molar-refractivity contribution < 1.29 is 14.3 Å². The smallest absolute Gasteiger partial charge is 0.254 e. The molecule has 1 aliphatic heterocycles. The molecule has 0 atom stereocenters. The van der Waals surface area contributed by atoms with Crippen LogP contribution in [0.2, 0.25) is 0 Å². The molecule has 1 aliphatic rings. The Morgan fingerprint density at radius 3 is 2.42 bits per heavy atom. The van der Waals surface area contributed by atoms with Gasteiger partial charge in [-0.2, -0.15) is 0 Å². The van der Waals surface area contributed by atoms with Crippen LogP contribution >= 0.6 is 12.2 Å². The number of nitrogens with zero attached hydrogens (tertiary/aromatic N) is 1. The lowest BCUT2D eigenvalue weighted by Gasteiger charge is -2.26. The largest absolute Gasteiger partial charge is 0.378 e. The fourth-order valence-corrected chi connectivity index (χ4v) is 3.83. The molecule has 1 saturated heterocycles. The van der Waals surface area contributed by atoms with Crippen LogP contribution in [0.25, 0.3) is 10.8 Å². The standard InChI is InChI=1S/C24H23N3O3S/c28-22(16-19-6-3-5-17-4-1-2-7-21(17)19)26-24(31)25-20-10-8-18(9-11-20)23(29)27-12-14-30-15-13-27/h1-11H,12-16H2,(H2,25,26,28,31). The molecule has 3 aromatic rings. The van der Waals surface area contributed by atoms with Crippen LogP contribution in [0.3, 0.4) is 0 Å². The molecular formula is C24H23N3O3S. The number of benzene rings is 3. The van der Waals surface area contributed by atoms with Crippen LogP contribution in [0.5, 0.6) is 0 Å². The Bertz CT molecular complexity index is 1100. The van der Waals surface area contributed by atoms with Crippen molar-refractivity contribution >= 4 is 45.6 Å². The van der Waals surface area contributed by atoms with Crippen LogP contribution < -0.4 is 10.6 Å². The number of anilines is 1. The van der Waals surface area contributed by atoms with E-state index in [2.05, 4.69) is 10.6 Å². The lowest BCUT2D eigenvalue weighted by molar-refractivity contribution is -0.119. The molecule has 158 valence electrons. The van der Waals surface area contributed by atoms with Gasteiger partial charge >= 0.3 is 0 Å². The van der Waals surface area contributed by atoms with E-state index in [1.54, 1.807) is 29.2 Å². The minimum Gasteiger partial charge on any atom is -0.378 e. The Morgan fingerprint density at radius 1 is 0.935 bits per heavy atom. The monoisotopic (exact) mass is 433 g/mol. The highest BCUT2D eigenvalue weighted by Gasteiger charge is 2.18. The Kier molecular flexibility index (Phi) is 6.54. The molecule has 3 aromatic carbocycles. The van der Waals surface area contributed by atoms with Crippen molar-refractivity contribution in [2.75, 3.05) is 31.6 Å². The number of rotatable bonds is 4. The van der Waals surface area contributed by atoms with Crippen molar-refractivity contribution in [2.24, 2.45) is 0 Å². The Labute approximate surface area is 186 Å². The number of carbonyl (C=O) groups is 2. The molecule has 0 aromatic heterocycles. The van der Waals surface area contributed by atoms with Crippen LogP contribution in [0.15, 0.2) is 66.7 Å². The average molecular weight is 434 g/mol. The summed E-state index contributed by atoms with van der Waals surface area (Å²) in [4.78, 5) is 26.8. The first-order valence-corrected chi connectivity index (χ1v) is 10.6. The minimum atomic E-state index is -0.187. The highest BCUT2D eigenvalue weighted by molar-refractivity contribution is 7.80. The molecule has 7 heteroatoms. The first kappa shape index (κ1) is 21.0. The number of hydrogen-bond acceptors (Lipinski definition) is 4. The van der Waals surface area contributed by atoms with E-state index in [0.717, 1.165) is 16.3 Å². The van der Waals surface area contributed by atoms with E-state index in [1.807, 2.05) is 42.5 Å². The molecule has 2 amide bonds. The molecule has 2 N–H and O–H groups in total. The third-order valence-corrected chi connectivity index (χ3v) is 5.38. The molecule has 1 fully saturated rings. The molecule has 0 saturated carbocycles. The zero-order valence-corrected chi connectivity index (χ0v) is 17.8. The molecule has 0 aliphatic carbocycles. The number of nitrogens with one attached hydrogen (secondary N) is 2.